The summed E-state index contributed by atoms with van der Waals surface area (Å²) < 4.78 is 0. The second kappa shape index (κ2) is 8.47. The zero-order valence-electron chi connectivity index (χ0n) is 15.0. The number of anilines is 1. The molecule has 0 amide bonds. The molecule has 0 spiro atoms. The summed E-state index contributed by atoms with van der Waals surface area (Å²) in [6.07, 6.45) is 12.9. The number of nitrogens with one attached hydrogen (secondary N) is 1. The molecule has 5 heteroatoms. The van der Waals surface area contributed by atoms with Crippen LogP contribution in [0.1, 0.15) is 63.3 Å². The van der Waals surface area contributed by atoms with Gasteiger partial charge in [-0.1, -0.05) is 19.8 Å². The number of unbranched alkanes of at least 4 members (excludes halogenated alkanes) is 3. The molecule has 1 aliphatic heterocycles. The molecule has 0 aromatic carbocycles. The summed E-state index contributed by atoms with van der Waals surface area (Å²) in [5.74, 6) is 1.48. The van der Waals surface area contributed by atoms with Crippen LogP contribution in [0.15, 0.2) is 6.20 Å². The highest BCUT2D eigenvalue weighted by Crippen LogP contribution is 2.23. The second-order valence-corrected chi connectivity index (χ2v) is 7.03. The quantitative estimate of drug-likeness (QED) is 0.688. The van der Waals surface area contributed by atoms with Gasteiger partial charge in [-0.15, -0.1) is 0 Å². The Morgan fingerprint density at radius 2 is 1.92 bits per heavy atom. The summed E-state index contributed by atoms with van der Waals surface area (Å²) in [6, 6.07) is 0. The van der Waals surface area contributed by atoms with E-state index in [0.29, 0.717) is 5.82 Å². The van der Waals surface area contributed by atoms with Gasteiger partial charge >= 0.3 is 0 Å². The Bertz CT molecular complexity index is 642. The summed E-state index contributed by atoms with van der Waals surface area (Å²) in [4.78, 5) is 15.1. The Morgan fingerprint density at radius 3 is 2.71 bits per heavy atom. The Kier molecular flexibility index (Phi) is 6.07. The predicted octanol–water partition coefficient (Wildman–Crippen LogP) is 3.69. The van der Waals surface area contributed by atoms with Crippen molar-refractivity contribution in [1.29, 1.82) is 0 Å². The Labute approximate surface area is 145 Å². The summed E-state index contributed by atoms with van der Waals surface area (Å²) in [6.45, 7) is 6.06. The Morgan fingerprint density at radius 1 is 1.08 bits per heavy atom. The van der Waals surface area contributed by atoms with Crippen LogP contribution in [0.4, 0.5) is 5.82 Å². The van der Waals surface area contributed by atoms with Crippen molar-refractivity contribution in [2.75, 3.05) is 25.4 Å². The average molecular weight is 329 g/mol. The van der Waals surface area contributed by atoms with Crippen molar-refractivity contribution in [3.05, 3.63) is 17.6 Å². The van der Waals surface area contributed by atoms with Crippen LogP contribution in [-0.2, 0) is 12.8 Å². The maximum absolute atomic E-state index is 6.10. The predicted molar refractivity (Wildman–Crippen MR) is 100 cm³/mol. The largest absolute Gasteiger partial charge is 0.382 e. The molecule has 3 heterocycles. The van der Waals surface area contributed by atoms with Gasteiger partial charge < -0.3 is 15.6 Å². The molecule has 132 valence electrons. The first kappa shape index (κ1) is 17.2. The molecule has 0 radical (unpaired) electrons. The van der Waals surface area contributed by atoms with Gasteiger partial charge in [-0.05, 0) is 63.7 Å². The lowest BCUT2D eigenvalue weighted by atomic mass is 10.1. The first-order valence-electron chi connectivity index (χ1n) is 9.62. The lowest BCUT2D eigenvalue weighted by Gasteiger charge is -2.13. The van der Waals surface area contributed by atoms with E-state index in [1.54, 1.807) is 0 Å². The Balaban J connectivity index is 1.54. The van der Waals surface area contributed by atoms with Gasteiger partial charge in [0, 0.05) is 12.6 Å². The third-order valence-corrected chi connectivity index (χ3v) is 5.05. The normalized spacial score (nSPS) is 15.5. The minimum Gasteiger partial charge on any atom is -0.382 e. The van der Waals surface area contributed by atoms with Crippen molar-refractivity contribution < 1.29 is 0 Å². The summed E-state index contributed by atoms with van der Waals surface area (Å²) in [5.41, 5.74) is 9.33. The lowest BCUT2D eigenvalue weighted by molar-refractivity contribution is 0.328. The molecule has 2 aromatic heterocycles. The molecule has 3 rings (SSSR count). The monoisotopic (exact) mass is 329 g/mol. The van der Waals surface area contributed by atoms with Gasteiger partial charge in [0.05, 0.1) is 5.52 Å². The van der Waals surface area contributed by atoms with Gasteiger partial charge in [0.25, 0.3) is 0 Å². The molecular formula is C19H31N5. The molecule has 1 fully saturated rings. The first-order valence-corrected chi connectivity index (χ1v) is 9.62. The maximum atomic E-state index is 6.10. The summed E-state index contributed by atoms with van der Waals surface area (Å²) in [7, 11) is 0. The van der Waals surface area contributed by atoms with Gasteiger partial charge in [-0.2, -0.15) is 0 Å². The zero-order chi connectivity index (χ0) is 16.8. The molecule has 3 N–H and O–H groups in total. The highest BCUT2D eigenvalue weighted by Gasteiger charge is 2.12. The number of H-pyrrole nitrogens is 1. The van der Waals surface area contributed by atoms with E-state index >= 15 is 0 Å². The third-order valence-electron chi connectivity index (χ3n) is 5.05. The van der Waals surface area contributed by atoms with Crippen molar-refractivity contribution >= 4 is 16.9 Å². The fourth-order valence-corrected chi connectivity index (χ4v) is 3.60. The molecule has 1 saturated heterocycles. The molecule has 0 saturated carbocycles. The minimum absolute atomic E-state index is 0.589. The lowest BCUT2D eigenvalue weighted by Crippen LogP contribution is -2.20. The van der Waals surface area contributed by atoms with Crippen LogP contribution >= 0.6 is 0 Å². The maximum Gasteiger partial charge on any atom is 0.151 e. The highest BCUT2D eigenvalue weighted by molar-refractivity contribution is 5.87. The van der Waals surface area contributed by atoms with Crippen molar-refractivity contribution in [3.63, 3.8) is 0 Å². The van der Waals surface area contributed by atoms with E-state index in [2.05, 4.69) is 28.0 Å². The molecule has 0 atom stereocenters. The van der Waals surface area contributed by atoms with Crippen LogP contribution in [0.5, 0.6) is 0 Å². The first-order chi connectivity index (χ1) is 11.8. The SMILES string of the molecule is CCCCc1nc(N)c2[nH]cc(CCCCCN3CCCC3)c2n1. The van der Waals surface area contributed by atoms with Crippen molar-refractivity contribution in [3.8, 4) is 0 Å². The van der Waals surface area contributed by atoms with E-state index in [9.17, 15) is 0 Å². The number of hydrogen-bond acceptors (Lipinski definition) is 4. The van der Waals surface area contributed by atoms with Crippen molar-refractivity contribution in [1.82, 2.24) is 19.9 Å². The van der Waals surface area contributed by atoms with Crippen LogP contribution in [-0.4, -0.2) is 39.5 Å². The number of nitrogens with two attached hydrogens (primary N) is 1. The van der Waals surface area contributed by atoms with Crippen LogP contribution in [0.3, 0.4) is 0 Å². The fraction of sp³-hybridized carbons (Fsp3) is 0.684. The number of likely N-dealkylation sites (tertiary alicyclic amines) is 1. The van der Waals surface area contributed by atoms with Crippen molar-refractivity contribution in [2.45, 2.75) is 64.7 Å². The topological polar surface area (TPSA) is 70.8 Å². The summed E-state index contributed by atoms with van der Waals surface area (Å²) in [5, 5.41) is 0. The molecule has 0 unspecified atom stereocenters. The van der Waals surface area contributed by atoms with Crippen molar-refractivity contribution in [2.24, 2.45) is 0 Å². The molecular weight excluding hydrogens is 298 g/mol. The standard InChI is InChI=1S/C19H31N5/c1-2-3-10-16-22-17-15(14-21-18(17)19(20)23-16)9-5-4-6-11-24-12-7-8-13-24/h14,21H,2-13H2,1H3,(H2,20,22,23). The van der Waals surface area contributed by atoms with Crippen LogP contribution in [0.2, 0.25) is 0 Å². The minimum atomic E-state index is 0.589. The zero-order valence-corrected chi connectivity index (χ0v) is 15.0. The van der Waals surface area contributed by atoms with E-state index in [-0.39, 0.29) is 0 Å². The van der Waals surface area contributed by atoms with Gasteiger partial charge in [0.2, 0.25) is 0 Å². The number of rotatable bonds is 9. The number of nitrogen functional groups attached to an aromatic ring is 1. The number of aromatic nitrogens is 3. The number of hydrogen-bond donors (Lipinski definition) is 2. The molecule has 0 bridgehead atoms. The number of nitrogens with zero attached hydrogens (tertiary/aromatic N) is 3. The van der Waals surface area contributed by atoms with E-state index in [1.165, 1.54) is 57.3 Å². The van der Waals surface area contributed by atoms with E-state index in [1.807, 2.05) is 0 Å². The Hall–Kier alpha value is -1.62. The molecule has 5 nitrogen and oxygen atoms in total. The number of aromatic amines is 1. The number of aryl methyl sites for hydroxylation is 2. The molecule has 0 aliphatic carbocycles. The molecule has 2 aromatic rings. The van der Waals surface area contributed by atoms with Crippen LogP contribution in [0.25, 0.3) is 11.0 Å². The molecule has 1 aliphatic rings. The van der Waals surface area contributed by atoms with E-state index in [0.717, 1.165) is 42.5 Å². The highest BCUT2D eigenvalue weighted by atomic mass is 15.1. The average Bonchev–Trinajstić information content (AvgIpc) is 3.23. The van der Waals surface area contributed by atoms with E-state index in [4.69, 9.17) is 10.7 Å². The summed E-state index contributed by atoms with van der Waals surface area (Å²) >= 11 is 0. The molecule has 24 heavy (non-hydrogen) atoms. The van der Waals surface area contributed by atoms with Gasteiger partial charge in [-0.3, -0.25) is 0 Å². The third kappa shape index (κ3) is 4.26. The number of fused-ring (bicyclic) bond motifs is 1. The van der Waals surface area contributed by atoms with Crippen LogP contribution in [0, 0.1) is 0 Å². The fourth-order valence-electron chi connectivity index (χ4n) is 3.60. The smallest absolute Gasteiger partial charge is 0.151 e. The second-order valence-electron chi connectivity index (χ2n) is 7.03. The van der Waals surface area contributed by atoms with Gasteiger partial charge in [-0.25, -0.2) is 9.97 Å². The van der Waals surface area contributed by atoms with Gasteiger partial charge in [0.1, 0.15) is 11.3 Å². The van der Waals surface area contributed by atoms with Gasteiger partial charge in [0.15, 0.2) is 5.82 Å². The van der Waals surface area contributed by atoms with Crippen LogP contribution < -0.4 is 5.73 Å². The van der Waals surface area contributed by atoms with E-state index < -0.39 is 0 Å².